The molecule has 2 N–H and O–H groups in total. The van der Waals surface area contributed by atoms with Crippen LogP contribution in [0.15, 0.2) is 42.5 Å². The first-order valence-electron chi connectivity index (χ1n) is 7.02. The first-order chi connectivity index (χ1) is 10.6. The van der Waals surface area contributed by atoms with Crippen LogP contribution in [0.5, 0.6) is 5.75 Å². The zero-order valence-corrected chi connectivity index (χ0v) is 13.1. The molecule has 0 saturated carbocycles. The molecular weight excluding hydrogens is 302 g/mol. The summed E-state index contributed by atoms with van der Waals surface area (Å²) in [7, 11) is 0. The van der Waals surface area contributed by atoms with Crippen LogP contribution in [0.1, 0.15) is 22.3 Å². The van der Waals surface area contributed by atoms with Crippen LogP contribution in [0.3, 0.4) is 0 Å². The van der Waals surface area contributed by atoms with Gasteiger partial charge in [-0.2, -0.15) is 0 Å². The van der Waals surface area contributed by atoms with E-state index in [0.29, 0.717) is 23.9 Å². The zero-order chi connectivity index (χ0) is 15.9. The minimum absolute atomic E-state index is 0.173. The summed E-state index contributed by atoms with van der Waals surface area (Å²) in [5, 5.41) is 12.6. The second kappa shape index (κ2) is 7.71. The van der Waals surface area contributed by atoms with Crippen molar-refractivity contribution in [3.63, 3.8) is 0 Å². The highest BCUT2D eigenvalue weighted by Gasteiger charge is 2.10. The molecule has 0 radical (unpaired) electrons. The molecule has 2 rings (SSSR count). The molecule has 0 atom stereocenters. The third kappa shape index (κ3) is 4.67. The Morgan fingerprint density at radius 1 is 1.23 bits per heavy atom. The maximum atomic E-state index is 11.2. The number of aromatic carboxylic acids is 1. The van der Waals surface area contributed by atoms with E-state index >= 15 is 0 Å². The topological polar surface area (TPSA) is 58.6 Å². The lowest BCUT2D eigenvalue weighted by atomic mass is 10.2. The monoisotopic (exact) mass is 319 g/mol. The molecule has 0 spiro atoms. The van der Waals surface area contributed by atoms with Crippen LogP contribution >= 0.6 is 11.6 Å². The van der Waals surface area contributed by atoms with Crippen LogP contribution in [0.2, 0.25) is 5.02 Å². The molecule has 2 aromatic carbocycles. The highest BCUT2D eigenvalue weighted by molar-refractivity contribution is 6.31. The van der Waals surface area contributed by atoms with E-state index in [0.717, 1.165) is 12.2 Å². The smallest absolute Gasteiger partial charge is 0.337 e. The number of nitrogens with one attached hydrogen (secondary N) is 1. The van der Waals surface area contributed by atoms with Crippen molar-refractivity contribution in [3.8, 4) is 5.75 Å². The minimum atomic E-state index is -0.999. The van der Waals surface area contributed by atoms with Gasteiger partial charge in [-0.1, -0.05) is 29.3 Å². The number of rotatable bonds is 7. The van der Waals surface area contributed by atoms with Crippen LogP contribution in [0.4, 0.5) is 5.69 Å². The summed E-state index contributed by atoms with van der Waals surface area (Å²) in [6, 6.07) is 12.6. The van der Waals surface area contributed by atoms with Crippen molar-refractivity contribution in [2.75, 3.05) is 18.5 Å². The second-order valence-electron chi connectivity index (χ2n) is 4.94. The van der Waals surface area contributed by atoms with Gasteiger partial charge in [0.05, 0.1) is 12.2 Å². The van der Waals surface area contributed by atoms with E-state index in [4.69, 9.17) is 21.4 Å². The molecule has 0 aromatic heterocycles. The number of ether oxygens (including phenoxy) is 1. The first kappa shape index (κ1) is 16.2. The molecule has 4 nitrogen and oxygen atoms in total. The summed E-state index contributed by atoms with van der Waals surface area (Å²) >= 11 is 5.81. The van der Waals surface area contributed by atoms with Crippen LogP contribution < -0.4 is 10.1 Å². The molecule has 0 fully saturated rings. The van der Waals surface area contributed by atoms with E-state index in [1.807, 2.05) is 31.2 Å². The number of hydrogen-bond acceptors (Lipinski definition) is 3. The Hall–Kier alpha value is -2.20. The Bertz CT molecular complexity index is 641. The number of carbonyl (C=O) groups is 1. The van der Waals surface area contributed by atoms with Gasteiger partial charge in [0.2, 0.25) is 0 Å². The maximum absolute atomic E-state index is 11.2. The number of benzene rings is 2. The second-order valence-corrected chi connectivity index (χ2v) is 5.37. The van der Waals surface area contributed by atoms with Gasteiger partial charge in [0.1, 0.15) is 5.75 Å². The average Bonchev–Trinajstić information content (AvgIpc) is 2.50. The van der Waals surface area contributed by atoms with Gasteiger partial charge < -0.3 is 15.2 Å². The summed E-state index contributed by atoms with van der Waals surface area (Å²) in [4.78, 5) is 11.2. The molecule has 5 heteroatoms. The Balaban J connectivity index is 1.79. The van der Waals surface area contributed by atoms with Crippen molar-refractivity contribution >= 4 is 23.3 Å². The Labute approximate surface area is 134 Å². The number of aryl methyl sites for hydroxylation is 1. The summed E-state index contributed by atoms with van der Waals surface area (Å²) in [6.07, 6.45) is 0.759. The standard InChI is InChI=1S/C17H18ClNO3/c1-12-3-6-14(7-4-12)22-10-2-9-19-16-8-5-13(18)11-15(16)17(20)21/h3-8,11,19H,2,9-10H2,1H3,(H,20,21). The third-order valence-electron chi connectivity index (χ3n) is 3.14. The molecule has 22 heavy (non-hydrogen) atoms. The summed E-state index contributed by atoms with van der Waals surface area (Å²) in [5.74, 6) is -0.163. The van der Waals surface area contributed by atoms with Crippen LogP contribution in [0, 0.1) is 6.92 Å². The van der Waals surface area contributed by atoms with Crippen molar-refractivity contribution in [2.45, 2.75) is 13.3 Å². The van der Waals surface area contributed by atoms with Gasteiger partial charge in [-0.05, 0) is 43.7 Å². The first-order valence-corrected chi connectivity index (χ1v) is 7.40. The molecule has 0 heterocycles. The fourth-order valence-corrected chi connectivity index (χ4v) is 2.14. The Morgan fingerprint density at radius 3 is 2.64 bits per heavy atom. The van der Waals surface area contributed by atoms with Gasteiger partial charge in [0, 0.05) is 17.3 Å². The number of anilines is 1. The molecule has 0 aliphatic rings. The predicted molar refractivity (Wildman–Crippen MR) is 88.2 cm³/mol. The lowest BCUT2D eigenvalue weighted by Gasteiger charge is -2.11. The highest BCUT2D eigenvalue weighted by Crippen LogP contribution is 2.20. The molecule has 0 aliphatic heterocycles. The third-order valence-corrected chi connectivity index (χ3v) is 3.37. The molecular formula is C17H18ClNO3. The molecule has 0 amide bonds. The predicted octanol–water partition coefficient (Wildman–Crippen LogP) is 4.23. The summed E-state index contributed by atoms with van der Waals surface area (Å²) < 4.78 is 5.62. The van der Waals surface area contributed by atoms with E-state index in [9.17, 15) is 4.79 Å². The fourth-order valence-electron chi connectivity index (χ4n) is 1.97. The van der Waals surface area contributed by atoms with E-state index < -0.39 is 5.97 Å². The van der Waals surface area contributed by atoms with Crippen LogP contribution in [0.25, 0.3) is 0 Å². The molecule has 0 aliphatic carbocycles. The van der Waals surface area contributed by atoms with Gasteiger partial charge >= 0.3 is 5.97 Å². The largest absolute Gasteiger partial charge is 0.494 e. The molecule has 116 valence electrons. The number of halogens is 1. The van der Waals surface area contributed by atoms with Crippen molar-refractivity contribution in [1.82, 2.24) is 0 Å². The van der Waals surface area contributed by atoms with Gasteiger partial charge in [-0.25, -0.2) is 4.79 Å². The molecule has 0 unspecified atom stereocenters. The van der Waals surface area contributed by atoms with Crippen molar-refractivity contribution in [3.05, 3.63) is 58.6 Å². The Kier molecular flexibility index (Phi) is 5.67. The van der Waals surface area contributed by atoms with Gasteiger partial charge in [-0.3, -0.25) is 0 Å². The maximum Gasteiger partial charge on any atom is 0.337 e. The number of carboxylic acids is 1. The van der Waals surface area contributed by atoms with E-state index in [1.165, 1.54) is 11.6 Å². The Morgan fingerprint density at radius 2 is 1.95 bits per heavy atom. The van der Waals surface area contributed by atoms with Gasteiger partial charge in [0.15, 0.2) is 0 Å². The molecule has 2 aromatic rings. The van der Waals surface area contributed by atoms with Gasteiger partial charge in [-0.15, -0.1) is 0 Å². The lowest BCUT2D eigenvalue weighted by Crippen LogP contribution is -2.10. The molecule has 0 bridgehead atoms. The van der Waals surface area contributed by atoms with Crippen LogP contribution in [-0.2, 0) is 0 Å². The normalized spacial score (nSPS) is 10.3. The van der Waals surface area contributed by atoms with E-state index in [1.54, 1.807) is 12.1 Å². The minimum Gasteiger partial charge on any atom is -0.494 e. The van der Waals surface area contributed by atoms with E-state index in [2.05, 4.69) is 5.32 Å². The SMILES string of the molecule is Cc1ccc(OCCCNc2ccc(Cl)cc2C(=O)O)cc1. The average molecular weight is 320 g/mol. The fraction of sp³-hybridized carbons (Fsp3) is 0.235. The number of carboxylic acid groups (broad SMARTS) is 1. The summed E-state index contributed by atoms with van der Waals surface area (Å²) in [6.45, 7) is 3.21. The van der Waals surface area contributed by atoms with Crippen LogP contribution in [-0.4, -0.2) is 24.2 Å². The number of hydrogen-bond donors (Lipinski definition) is 2. The van der Waals surface area contributed by atoms with Gasteiger partial charge in [0.25, 0.3) is 0 Å². The summed E-state index contributed by atoms with van der Waals surface area (Å²) in [5.41, 5.74) is 1.93. The quantitative estimate of drug-likeness (QED) is 0.750. The zero-order valence-electron chi connectivity index (χ0n) is 12.3. The highest BCUT2D eigenvalue weighted by atomic mass is 35.5. The van der Waals surface area contributed by atoms with Crippen molar-refractivity contribution < 1.29 is 14.6 Å². The van der Waals surface area contributed by atoms with E-state index in [-0.39, 0.29) is 5.56 Å². The van der Waals surface area contributed by atoms with Crippen molar-refractivity contribution in [1.29, 1.82) is 0 Å². The molecule has 0 saturated heterocycles. The lowest BCUT2D eigenvalue weighted by molar-refractivity contribution is 0.0698. The van der Waals surface area contributed by atoms with Crippen molar-refractivity contribution in [2.24, 2.45) is 0 Å².